The molecule has 0 amide bonds. The predicted molar refractivity (Wildman–Crippen MR) is 71.8 cm³/mol. The van der Waals surface area contributed by atoms with Crippen LogP contribution in [0.25, 0.3) is 0 Å². The van der Waals surface area contributed by atoms with Gasteiger partial charge in [-0.1, -0.05) is 39.8 Å². The van der Waals surface area contributed by atoms with E-state index in [2.05, 4.69) is 39.8 Å². The number of aliphatic hydroxyl groups excluding tert-OH is 1. The maximum atomic E-state index is 9.00. The lowest BCUT2D eigenvalue weighted by atomic mass is 9.83. The molecule has 1 N–H and O–H groups in total. The minimum Gasteiger partial charge on any atom is -0.496 e. The number of aliphatic hydroxyl groups is 1. The summed E-state index contributed by atoms with van der Waals surface area (Å²) in [7, 11) is 1.71. The molecule has 2 heteroatoms. The Bertz CT molecular complexity index is 364. The Labute approximate surface area is 105 Å². The Hall–Kier alpha value is -1.02. The molecule has 0 saturated heterocycles. The Morgan fingerprint density at radius 1 is 1.29 bits per heavy atom. The third kappa shape index (κ3) is 3.47. The van der Waals surface area contributed by atoms with Gasteiger partial charge in [0.1, 0.15) is 5.75 Å². The summed E-state index contributed by atoms with van der Waals surface area (Å²) < 4.78 is 5.42. The van der Waals surface area contributed by atoms with Crippen molar-refractivity contribution < 1.29 is 9.84 Å². The SMILES string of the molecule is COc1ccc(C(C)CCO)cc1C(C)(C)C. The second-order valence-corrected chi connectivity index (χ2v) is 5.62. The number of methoxy groups -OCH3 is 1. The highest BCUT2D eigenvalue weighted by Gasteiger charge is 2.20. The van der Waals surface area contributed by atoms with E-state index in [1.807, 2.05) is 6.07 Å². The van der Waals surface area contributed by atoms with Gasteiger partial charge in [0.05, 0.1) is 7.11 Å². The van der Waals surface area contributed by atoms with Gasteiger partial charge >= 0.3 is 0 Å². The summed E-state index contributed by atoms with van der Waals surface area (Å²) in [6.45, 7) is 8.94. The highest BCUT2D eigenvalue weighted by Crippen LogP contribution is 2.34. The van der Waals surface area contributed by atoms with E-state index in [0.29, 0.717) is 5.92 Å². The fraction of sp³-hybridized carbons (Fsp3) is 0.600. The van der Waals surface area contributed by atoms with Crippen molar-refractivity contribution in [1.29, 1.82) is 0 Å². The van der Waals surface area contributed by atoms with Crippen molar-refractivity contribution in [3.05, 3.63) is 29.3 Å². The van der Waals surface area contributed by atoms with Crippen LogP contribution in [0.5, 0.6) is 5.75 Å². The normalized spacial score (nSPS) is 13.5. The van der Waals surface area contributed by atoms with Crippen LogP contribution in [-0.4, -0.2) is 18.8 Å². The van der Waals surface area contributed by atoms with Crippen molar-refractivity contribution in [3.63, 3.8) is 0 Å². The van der Waals surface area contributed by atoms with Gasteiger partial charge in [-0.25, -0.2) is 0 Å². The average Bonchev–Trinajstić information content (AvgIpc) is 2.27. The number of rotatable bonds is 4. The molecule has 1 atom stereocenters. The van der Waals surface area contributed by atoms with Crippen LogP contribution >= 0.6 is 0 Å². The van der Waals surface area contributed by atoms with Gasteiger partial charge in [0.2, 0.25) is 0 Å². The van der Waals surface area contributed by atoms with E-state index in [1.165, 1.54) is 11.1 Å². The van der Waals surface area contributed by atoms with Crippen LogP contribution in [0.4, 0.5) is 0 Å². The average molecular weight is 236 g/mol. The van der Waals surface area contributed by atoms with E-state index in [9.17, 15) is 0 Å². The van der Waals surface area contributed by atoms with E-state index in [-0.39, 0.29) is 12.0 Å². The highest BCUT2D eigenvalue weighted by molar-refractivity contribution is 5.42. The summed E-state index contributed by atoms with van der Waals surface area (Å²) in [5.74, 6) is 1.32. The molecule has 1 aromatic carbocycles. The first-order chi connectivity index (χ1) is 7.90. The van der Waals surface area contributed by atoms with Crippen LogP contribution in [-0.2, 0) is 5.41 Å². The molecular formula is C15H24O2. The summed E-state index contributed by atoms with van der Waals surface area (Å²) in [5, 5.41) is 9.00. The summed E-state index contributed by atoms with van der Waals surface area (Å²) in [6, 6.07) is 6.33. The second kappa shape index (κ2) is 5.54. The molecule has 0 radical (unpaired) electrons. The highest BCUT2D eigenvalue weighted by atomic mass is 16.5. The molecule has 1 rings (SSSR count). The molecule has 0 spiro atoms. The van der Waals surface area contributed by atoms with Gasteiger partial charge in [-0.05, 0) is 34.9 Å². The van der Waals surface area contributed by atoms with Gasteiger partial charge < -0.3 is 9.84 Å². The van der Waals surface area contributed by atoms with Crippen molar-refractivity contribution in [2.24, 2.45) is 0 Å². The van der Waals surface area contributed by atoms with E-state index >= 15 is 0 Å². The molecule has 1 unspecified atom stereocenters. The lowest BCUT2D eigenvalue weighted by molar-refractivity contribution is 0.278. The number of hydrogen-bond acceptors (Lipinski definition) is 2. The molecule has 0 aliphatic carbocycles. The van der Waals surface area contributed by atoms with Crippen LogP contribution in [0.2, 0.25) is 0 Å². The first-order valence-electron chi connectivity index (χ1n) is 6.19. The zero-order valence-electron chi connectivity index (χ0n) is 11.6. The molecule has 0 bridgehead atoms. The first-order valence-corrected chi connectivity index (χ1v) is 6.19. The van der Waals surface area contributed by atoms with Gasteiger partial charge in [0.15, 0.2) is 0 Å². The molecule has 0 aliphatic heterocycles. The van der Waals surface area contributed by atoms with Crippen LogP contribution in [0.15, 0.2) is 18.2 Å². The molecule has 0 heterocycles. The minimum absolute atomic E-state index is 0.0697. The lowest BCUT2D eigenvalue weighted by Crippen LogP contribution is -2.13. The predicted octanol–water partition coefficient (Wildman–Crippen LogP) is 3.48. The van der Waals surface area contributed by atoms with Gasteiger partial charge in [-0.15, -0.1) is 0 Å². The number of hydrogen-bond donors (Lipinski definition) is 1. The Morgan fingerprint density at radius 3 is 2.41 bits per heavy atom. The minimum atomic E-state index is 0.0697. The molecule has 0 aliphatic rings. The van der Waals surface area contributed by atoms with Crippen molar-refractivity contribution in [3.8, 4) is 5.75 Å². The third-order valence-corrected chi connectivity index (χ3v) is 3.16. The summed E-state index contributed by atoms with van der Waals surface area (Å²) in [4.78, 5) is 0. The van der Waals surface area contributed by atoms with Crippen molar-refractivity contribution >= 4 is 0 Å². The third-order valence-electron chi connectivity index (χ3n) is 3.16. The molecule has 17 heavy (non-hydrogen) atoms. The van der Waals surface area contributed by atoms with Crippen molar-refractivity contribution in [2.75, 3.05) is 13.7 Å². The zero-order chi connectivity index (χ0) is 13.1. The zero-order valence-corrected chi connectivity index (χ0v) is 11.6. The largest absolute Gasteiger partial charge is 0.496 e. The first kappa shape index (κ1) is 14.0. The monoisotopic (exact) mass is 236 g/mol. The Kier molecular flexibility index (Phi) is 4.58. The van der Waals surface area contributed by atoms with Crippen molar-refractivity contribution in [1.82, 2.24) is 0 Å². The molecule has 0 saturated carbocycles. The fourth-order valence-electron chi connectivity index (χ4n) is 1.98. The molecule has 0 aromatic heterocycles. The van der Waals surface area contributed by atoms with Crippen molar-refractivity contribution in [2.45, 2.75) is 45.4 Å². The summed E-state index contributed by atoms with van der Waals surface area (Å²) in [5.41, 5.74) is 2.56. The number of benzene rings is 1. The van der Waals surface area contributed by atoms with Crippen LogP contribution in [0.3, 0.4) is 0 Å². The molecule has 2 nitrogen and oxygen atoms in total. The summed E-state index contributed by atoms with van der Waals surface area (Å²) >= 11 is 0. The molecule has 96 valence electrons. The fourth-order valence-corrected chi connectivity index (χ4v) is 1.98. The second-order valence-electron chi connectivity index (χ2n) is 5.62. The van der Waals surface area contributed by atoms with Crippen LogP contribution in [0.1, 0.15) is 51.2 Å². The van der Waals surface area contributed by atoms with E-state index in [1.54, 1.807) is 7.11 Å². The quantitative estimate of drug-likeness (QED) is 0.867. The van der Waals surface area contributed by atoms with Gasteiger partial charge in [-0.3, -0.25) is 0 Å². The van der Waals surface area contributed by atoms with Gasteiger partial charge in [-0.2, -0.15) is 0 Å². The Balaban J connectivity index is 3.13. The van der Waals surface area contributed by atoms with Gasteiger partial charge in [0, 0.05) is 6.61 Å². The van der Waals surface area contributed by atoms with E-state index < -0.39 is 0 Å². The van der Waals surface area contributed by atoms with Gasteiger partial charge in [0.25, 0.3) is 0 Å². The molecule has 1 aromatic rings. The lowest BCUT2D eigenvalue weighted by Gasteiger charge is -2.24. The van der Waals surface area contributed by atoms with E-state index in [4.69, 9.17) is 9.84 Å². The molecular weight excluding hydrogens is 212 g/mol. The number of ether oxygens (including phenoxy) is 1. The van der Waals surface area contributed by atoms with E-state index in [0.717, 1.165) is 12.2 Å². The van der Waals surface area contributed by atoms with Crippen LogP contribution in [0, 0.1) is 0 Å². The Morgan fingerprint density at radius 2 is 1.94 bits per heavy atom. The summed E-state index contributed by atoms with van der Waals surface area (Å²) in [6.07, 6.45) is 0.801. The standard InChI is InChI=1S/C15H24O2/c1-11(8-9-16)12-6-7-14(17-5)13(10-12)15(2,3)4/h6-7,10-11,16H,8-9H2,1-5H3. The van der Waals surface area contributed by atoms with Crippen LogP contribution < -0.4 is 4.74 Å². The maximum absolute atomic E-state index is 9.00. The smallest absolute Gasteiger partial charge is 0.122 e. The topological polar surface area (TPSA) is 29.5 Å². The molecule has 0 fully saturated rings. The maximum Gasteiger partial charge on any atom is 0.122 e.